The van der Waals surface area contributed by atoms with E-state index in [2.05, 4.69) is 27.0 Å². The maximum absolute atomic E-state index is 13.2. The molecule has 1 aliphatic rings. The highest BCUT2D eigenvalue weighted by Crippen LogP contribution is 2.39. The largest absolute Gasteiger partial charge is 0.497 e. The van der Waals surface area contributed by atoms with Crippen molar-refractivity contribution in [3.8, 4) is 11.5 Å². The molecule has 1 atom stereocenters. The summed E-state index contributed by atoms with van der Waals surface area (Å²) in [5.74, 6) is 1.23. The predicted octanol–water partition coefficient (Wildman–Crippen LogP) is 4.45. The fraction of sp³-hybridized carbons (Fsp3) is 0.227. The summed E-state index contributed by atoms with van der Waals surface area (Å²) in [4.78, 5) is 2.13. The van der Waals surface area contributed by atoms with Crippen LogP contribution in [-0.2, 0) is 6.54 Å². The Morgan fingerprint density at radius 2 is 1.86 bits per heavy atom. The van der Waals surface area contributed by atoms with Gasteiger partial charge in [0.2, 0.25) is 0 Å². The van der Waals surface area contributed by atoms with E-state index >= 15 is 0 Å². The van der Waals surface area contributed by atoms with Crippen molar-refractivity contribution in [2.45, 2.75) is 12.6 Å². The van der Waals surface area contributed by atoms with Crippen LogP contribution >= 0.6 is 12.2 Å². The lowest BCUT2D eigenvalue weighted by atomic mass is 9.99. The number of anilines is 1. The van der Waals surface area contributed by atoms with E-state index in [1.165, 1.54) is 12.1 Å². The molecule has 2 aromatic carbocycles. The van der Waals surface area contributed by atoms with Crippen LogP contribution < -0.4 is 14.8 Å². The highest BCUT2D eigenvalue weighted by molar-refractivity contribution is 7.80. The van der Waals surface area contributed by atoms with Gasteiger partial charge in [0.25, 0.3) is 0 Å². The number of nitrogens with one attached hydrogen (secondary N) is 1. The quantitative estimate of drug-likeness (QED) is 0.643. The van der Waals surface area contributed by atoms with Crippen LogP contribution in [-0.4, -0.2) is 35.3 Å². The second kappa shape index (κ2) is 8.13. The van der Waals surface area contributed by atoms with Gasteiger partial charge in [-0.3, -0.25) is 0 Å². The normalized spacial score (nSPS) is 15.6. The predicted molar refractivity (Wildman–Crippen MR) is 115 cm³/mol. The molecule has 2 heterocycles. The number of benzene rings is 2. The van der Waals surface area contributed by atoms with Crippen LogP contribution in [0.5, 0.6) is 11.5 Å². The minimum atomic E-state index is -0.281. The van der Waals surface area contributed by atoms with E-state index in [4.69, 9.17) is 21.7 Å². The van der Waals surface area contributed by atoms with Crippen LogP contribution in [0.15, 0.2) is 60.8 Å². The first kappa shape index (κ1) is 19.3. The molecule has 0 saturated carbocycles. The average molecular weight is 412 g/mol. The molecule has 4 rings (SSSR count). The first-order valence-electron chi connectivity index (χ1n) is 9.31. The highest BCUT2D eigenvalue weighted by Gasteiger charge is 2.33. The van der Waals surface area contributed by atoms with Gasteiger partial charge in [0.05, 0.1) is 14.2 Å². The van der Waals surface area contributed by atoms with Gasteiger partial charge in [-0.25, -0.2) is 4.39 Å². The fourth-order valence-electron chi connectivity index (χ4n) is 3.71. The molecule has 0 fully saturated rings. The van der Waals surface area contributed by atoms with Gasteiger partial charge in [0.15, 0.2) is 5.11 Å². The number of nitrogens with zero attached hydrogens (tertiary/aromatic N) is 2. The molecular formula is C22H22FN3O2S. The topological polar surface area (TPSA) is 38.7 Å². The number of halogens is 1. The van der Waals surface area contributed by atoms with Crippen LogP contribution in [0, 0.1) is 5.82 Å². The molecule has 1 aliphatic heterocycles. The number of hydrogen-bond acceptors (Lipinski definition) is 3. The van der Waals surface area contributed by atoms with Gasteiger partial charge in [-0.15, -0.1) is 0 Å². The van der Waals surface area contributed by atoms with Crippen LogP contribution in [0.4, 0.5) is 10.1 Å². The summed E-state index contributed by atoms with van der Waals surface area (Å²) in [5.41, 5.74) is 2.83. The van der Waals surface area contributed by atoms with E-state index in [1.54, 1.807) is 26.4 Å². The van der Waals surface area contributed by atoms with Crippen LogP contribution in [0.25, 0.3) is 0 Å². The number of thiocarbonyl (C=S) groups is 1. The van der Waals surface area contributed by atoms with E-state index in [1.807, 2.05) is 24.3 Å². The maximum Gasteiger partial charge on any atom is 0.174 e. The minimum Gasteiger partial charge on any atom is -0.497 e. The molecule has 0 spiro atoms. The Labute approximate surface area is 174 Å². The van der Waals surface area contributed by atoms with Crippen molar-refractivity contribution in [3.05, 3.63) is 77.9 Å². The second-order valence-corrected chi connectivity index (χ2v) is 7.15. The van der Waals surface area contributed by atoms with Gasteiger partial charge >= 0.3 is 0 Å². The number of hydrogen-bond donors (Lipinski definition) is 1. The zero-order chi connectivity index (χ0) is 20.4. The molecular weight excluding hydrogens is 389 g/mol. The molecule has 5 nitrogen and oxygen atoms in total. The first-order chi connectivity index (χ1) is 14.1. The number of aromatic nitrogens is 1. The summed E-state index contributed by atoms with van der Waals surface area (Å²) in [6, 6.07) is 15.9. The molecule has 0 unspecified atom stereocenters. The summed E-state index contributed by atoms with van der Waals surface area (Å²) in [7, 11) is 3.31. The summed E-state index contributed by atoms with van der Waals surface area (Å²) in [6.45, 7) is 1.54. The van der Waals surface area contributed by atoms with Gasteiger partial charge in [-0.1, -0.05) is 0 Å². The van der Waals surface area contributed by atoms with E-state index < -0.39 is 0 Å². The summed E-state index contributed by atoms with van der Waals surface area (Å²) in [6.07, 6.45) is 2.07. The molecule has 0 bridgehead atoms. The molecule has 0 amide bonds. The van der Waals surface area contributed by atoms with Gasteiger partial charge in [-0.05, 0) is 66.8 Å². The highest BCUT2D eigenvalue weighted by atomic mass is 32.1. The Hall–Kier alpha value is -3.06. The van der Waals surface area contributed by atoms with Crippen molar-refractivity contribution in [1.29, 1.82) is 0 Å². The maximum atomic E-state index is 13.2. The summed E-state index contributed by atoms with van der Waals surface area (Å²) in [5, 5.41) is 3.81. The van der Waals surface area contributed by atoms with Gasteiger partial charge in [-0.2, -0.15) is 0 Å². The van der Waals surface area contributed by atoms with Gasteiger partial charge in [0.1, 0.15) is 23.4 Å². The van der Waals surface area contributed by atoms with Crippen molar-refractivity contribution in [2.75, 3.05) is 26.1 Å². The van der Waals surface area contributed by atoms with Crippen LogP contribution in [0.3, 0.4) is 0 Å². The van der Waals surface area contributed by atoms with Gasteiger partial charge in [0, 0.05) is 36.2 Å². The number of methoxy groups -OCH3 is 2. The van der Waals surface area contributed by atoms with Gasteiger partial charge < -0.3 is 24.3 Å². The molecule has 0 saturated heterocycles. The number of ether oxygens (including phenoxy) is 2. The van der Waals surface area contributed by atoms with E-state index in [0.29, 0.717) is 5.11 Å². The molecule has 29 heavy (non-hydrogen) atoms. The number of rotatable bonds is 4. The third kappa shape index (κ3) is 3.78. The summed E-state index contributed by atoms with van der Waals surface area (Å²) >= 11 is 5.75. The Balaban J connectivity index is 1.73. The zero-order valence-corrected chi connectivity index (χ0v) is 17.1. The minimum absolute atomic E-state index is 0.149. The molecule has 150 valence electrons. The lowest BCUT2D eigenvalue weighted by Crippen LogP contribution is -2.44. The van der Waals surface area contributed by atoms with Crippen molar-refractivity contribution in [3.63, 3.8) is 0 Å². The van der Waals surface area contributed by atoms with E-state index in [0.717, 1.165) is 41.5 Å². The Morgan fingerprint density at radius 3 is 2.59 bits per heavy atom. The second-order valence-electron chi connectivity index (χ2n) is 6.77. The SMILES string of the molecule is COc1ccc(OC)c([C@@H]2c3cccn3CCN2C(=S)Nc2ccc(F)cc2)c1. The Kier molecular flexibility index (Phi) is 5.40. The van der Waals surface area contributed by atoms with Crippen molar-refractivity contribution in [1.82, 2.24) is 9.47 Å². The molecule has 0 aliphatic carbocycles. The Bertz CT molecular complexity index is 1020. The van der Waals surface area contributed by atoms with E-state index in [-0.39, 0.29) is 11.9 Å². The lowest BCUT2D eigenvalue weighted by Gasteiger charge is -2.39. The zero-order valence-electron chi connectivity index (χ0n) is 16.3. The number of fused-ring (bicyclic) bond motifs is 1. The lowest BCUT2D eigenvalue weighted by molar-refractivity contribution is 0.284. The Morgan fingerprint density at radius 1 is 1.07 bits per heavy atom. The molecule has 3 aromatic rings. The van der Waals surface area contributed by atoms with Crippen molar-refractivity contribution in [2.24, 2.45) is 0 Å². The third-order valence-electron chi connectivity index (χ3n) is 5.13. The monoisotopic (exact) mass is 411 g/mol. The third-order valence-corrected chi connectivity index (χ3v) is 5.46. The molecule has 0 radical (unpaired) electrons. The van der Waals surface area contributed by atoms with Crippen LogP contribution in [0.1, 0.15) is 17.3 Å². The van der Waals surface area contributed by atoms with E-state index in [9.17, 15) is 4.39 Å². The summed E-state index contributed by atoms with van der Waals surface area (Å²) < 4.78 is 26.6. The van der Waals surface area contributed by atoms with Crippen molar-refractivity contribution < 1.29 is 13.9 Å². The van der Waals surface area contributed by atoms with Crippen molar-refractivity contribution >= 4 is 23.0 Å². The molecule has 1 N–H and O–H groups in total. The molecule has 1 aromatic heterocycles. The standard InChI is InChI=1S/C22H22FN3O2S/c1-27-17-9-10-20(28-2)18(14-17)21-19-4-3-11-25(19)12-13-26(21)22(29)24-16-7-5-15(23)6-8-16/h3-11,14,21H,12-13H2,1-2H3,(H,24,29)/t21-/m1/s1. The average Bonchev–Trinajstić information content (AvgIpc) is 3.23. The molecule has 7 heteroatoms. The fourth-order valence-corrected chi connectivity index (χ4v) is 4.03. The van der Waals surface area contributed by atoms with Crippen LogP contribution in [0.2, 0.25) is 0 Å². The smallest absolute Gasteiger partial charge is 0.174 e. The first-order valence-corrected chi connectivity index (χ1v) is 9.71.